The SMILES string of the molecule is CC(C)c1ccccc1-c1nccn1-c1c(C(C)C)cc(S)cc1C(C)C. The Morgan fingerprint density at radius 3 is 1.93 bits per heavy atom. The van der Waals surface area contributed by atoms with Gasteiger partial charge in [0.05, 0.1) is 5.69 Å². The fourth-order valence-corrected chi connectivity index (χ4v) is 3.99. The third-order valence-electron chi connectivity index (χ3n) is 5.10. The molecule has 3 rings (SSSR count). The van der Waals surface area contributed by atoms with E-state index in [9.17, 15) is 0 Å². The zero-order valence-electron chi connectivity index (χ0n) is 17.2. The van der Waals surface area contributed by atoms with E-state index in [1.54, 1.807) is 0 Å². The molecule has 142 valence electrons. The first-order chi connectivity index (χ1) is 12.8. The molecule has 1 aromatic heterocycles. The molecule has 0 saturated carbocycles. The van der Waals surface area contributed by atoms with Crippen molar-refractivity contribution in [1.29, 1.82) is 0 Å². The second kappa shape index (κ2) is 7.93. The molecule has 0 spiro atoms. The molecular formula is C24H30N2S. The summed E-state index contributed by atoms with van der Waals surface area (Å²) in [5, 5.41) is 0. The van der Waals surface area contributed by atoms with Gasteiger partial charge < -0.3 is 0 Å². The Balaban J connectivity index is 2.32. The van der Waals surface area contributed by atoms with Crippen LogP contribution in [0, 0.1) is 0 Å². The second-order valence-corrected chi connectivity index (χ2v) is 8.66. The van der Waals surface area contributed by atoms with E-state index >= 15 is 0 Å². The number of rotatable bonds is 5. The van der Waals surface area contributed by atoms with E-state index < -0.39 is 0 Å². The average Bonchev–Trinajstić information content (AvgIpc) is 3.09. The number of hydrogen-bond acceptors (Lipinski definition) is 2. The molecule has 2 nitrogen and oxygen atoms in total. The van der Waals surface area contributed by atoms with Gasteiger partial charge in [0, 0.05) is 22.9 Å². The van der Waals surface area contributed by atoms with Crippen molar-refractivity contribution in [1.82, 2.24) is 9.55 Å². The molecule has 0 saturated heterocycles. The molecule has 0 atom stereocenters. The third-order valence-corrected chi connectivity index (χ3v) is 5.36. The van der Waals surface area contributed by atoms with Crippen LogP contribution in [0.5, 0.6) is 0 Å². The Morgan fingerprint density at radius 2 is 1.37 bits per heavy atom. The first-order valence-electron chi connectivity index (χ1n) is 9.81. The highest BCUT2D eigenvalue weighted by Crippen LogP contribution is 2.37. The van der Waals surface area contributed by atoms with Crippen LogP contribution in [0.15, 0.2) is 53.7 Å². The molecule has 0 aliphatic carbocycles. The van der Waals surface area contributed by atoms with Crippen molar-refractivity contribution >= 4 is 12.6 Å². The predicted molar refractivity (Wildman–Crippen MR) is 119 cm³/mol. The van der Waals surface area contributed by atoms with Gasteiger partial charge in [0.2, 0.25) is 0 Å². The maximum Gasteiger partial charge on any atom is 0.144 e. The van der Waals surface area contributed by atoms with Crippen LogP contribution >= 0.6 is 12.6 Å². The number of aromatic nitrogens is 2. The highest BCUT2D eigenvalue weighted by molar-refractivity contribution is 7.80. The summed E-state index contributed by atoms with van der Waals surface area (Å²) in [5.74, 6) is 2.26. The number of benzene rings is 2. The summed E-state index contributed by atoms with van der Waals surface area (Å²) in [4.78, 5) is 5.80. The molecule has 2 aromatic carbocycles. The first kappa shape index (κ1) is 19.8. The zero-order valence-corrected chi connectivity index (χ0v) is 18.1. The van der Waals surface area contributed by atoms with Gasteiger partial charge in [-0.1, -0.05) is 65.8 Å². The normalized spacial score (nSPS) is 11.8. The van der Waals surface area contributed by atoms with Crippen molar-refractivity contribution in [3.63, 3.8) is 0 Å². The molecule has 3 aromatic rings. The van der Waals surface area contributed by atoms with Gasteiger partial charge in [-0.25, -0.2) is 4.98 Å². The van der Waals surface area contributed by atoms with Gasteiger partial charge in [0.25, 0.3) is 0 Å². The van der Waals surface area contributed by atoms with Crippen molar-refractivity contribution < 1.29 is 0 Å². The zero-order chi connectivity index (χ0) is 19.7. The summed E-state index contributed by atoms with van der Waals surface area (Å²) < 4.78 is 2.28. The Labute approximate surface area is 169 Å². The summed E-state index contributed by atoms with van der Waals surface area (Å²) in [5.41, 5.74) is 6.41. The lowest BCUT2D eigenvalue weighted by atomic mass is 9.92. The van der Waals surface area contributed by atoms with Crippen LogP contribution in [0.4, 0.5) is 0 Å². The summed E-state index contributed by atoms with van der Waals surface area (Å²) in [6.45, 7) is 13.5. The fourth-order valence-electron chi connectivity index (χ4n) is 3.71. The largest absolute Gasteiger partial charge is 0.299 e. The lowest BCUT2D eigenvalue weighted by Gasteiger charge is -2.23. The standard InChI is InChI=1S/C24H30N2S/c1-15(2)19-9-7-8-10-20(19)24-25-11-12-26(24)23-21(16(3)4)13-18(27)14-22(23)17(5)6/h7-17,27H,1-6H3. The van der Waals surface area contributed by atoms with Crippen LogP contribution in [-0.2, 0) is 0 Å². The maximum absolute atomic E-state index is 4.77. The second-order valence-electron chi connectivity index (χ2n) is 8.15. The van der Waals surface area contributed by atoms with E-state index in [2.05, 4.69) is 101 Å². The van der Waals surface area contributed by atoms with E-state index in [1.165, 1.54) is 27.9 Å². The number of hydrogen-bond donors (Lipinski definition) is 1. The molecule has 0 unspecified atom stereocenters. The fraction of sp³-hybridized carbons (Fsp3) is 0.375. The average molecular weight is 379 g/mol. The van der Waals surface area contributed by atoms with Crippen LogP contribution in [0.3, 0.4) is 0 Å². The topological polar surface area (TPSA) is 17.8 Å². The highest BCUT2D eigenvalue weighted by atomic mass is 32.1. The molecule has 0 aliphatic rings. The maximum atomic E-state index is 4.77. The van der Waals surface area contributed by atoms with Gasteiger partial charge in [-0.05, 0) is 46.6 Å². The highest BCUT2D eigenvalue weighted by Gasteiger charge is 2.21. The minimum Gasteiger partial charge on any atom is -0.299 e. The molecular weight excluding hydrogens is 348 g/mol. The van der Waals surface area contributed by atoms with Crippen LogP contribution in [0.1, 0.15) is 76.0 Å². The van der Waals surface area contributed by atoms with E-state index in [1.807, 2.05) is 6.20 Å². The lowest BCUT2D eigenvalue weighted by Crippen LogP contribution is -2.09. The molecule has 0 radical (unpaired) electrons. The number of thiol groups is 1. The van der Waals surface area contributed by atoms with Crippen LogP contribution < -0.4 is 0 Å². The van der Waals surface area contributed by atoms with Gasteiger partial charge in [-0.15, -0.1) is 12.6 Å². The molecule has 27 heavy (non-hydrogen) atoms. The van der Waals surface area contributed by atoms with Gasteiger partial charge in [-0.3, -0.25) is 4.57 Å². The van der Waals surface area contributed by atoms with Gasteiger partial charge in [-0.2, -0.15) is 0 Å². The van der Waals surface area contributed by atoms with Crippen LogP contribution in [0.2, 0.25) is 0 Å². The summed E-state index contributed by atoms with van der Waals surface area (Å²) in [6.07, 6.45) is 4.01. The predicted octanol–water partition coefficient (Wildman–Crippen LogP) is 7.20. The molecule has 0 N–H and O–H groups in total. The first-order valence-corrected chi connectivity index (χ1v) is 10.3. The Kier molecular flexibility index (Phi) is 5.81. The molecule has 0 aliphatic heterocycles. The number of nitrogens with zero attached hydrogens (tertiary/aromatic N) is 2. The quantitative estimate of drug-likeness (QED) is 0.465. The van der Waals surface area contributed by atoms with Crippen molar-refractivity contribution in [2.45, 2.75) is 64.2 Å². The van der Waals surface area contributed by atoms with E-state index in [-0.39, 0.29) is 0 Å². The lowest BCUT2D eigenvalue weighted by molar-refractivity contribution is 0.799. The van der Waals surface area contributed by atoms with Crippen molar-refractivity contribution in [3.8, 4) is 17.1 Å². The van der Waals surface area contributed by atoms with E-state index in [4.69, 9.17) is 4.98 Å². The molecule has 0 fully saturated rings. The summed E-state index contributed by atoms with van der Waals surface area (Å²) in [7, 11) is 0. The minimum atomic E-state index is 0.403. The Morgan fingerprint density at radius 1 is 0.815 bits per heavy atom. The minimum absolute atomic E-state index is 0.403. The van der Waals surface area contributed by atoms with Crippen LogP contribution in [0.25, 0.3) is 17.1 Å². The number of imidazole rings is 1. The molecule has 0 bridgehead atoms. The van der Waals surface area contributed by atoms with E-state index in [0.717, 1.165) is 10.7 Å². The summed E-state index contributed by atoms with van der Waals surface area (Å²) >= 11 is 4.67. The third kappa shape index (κ3) is 3.84. The van der Waals surface area contributed by atoms with Crippen molar-refractivity contribution in [2.24, 2.45) is 0 Å². The Bertz CT molecular complexity index is 906. The molecule has 3 heteroatoms. The smallest absolute Gasteiger partial charge is 0.144 e. The van der Waals surface area contributed by atoms with E-state index in [0.29, 0.717) is 17.8 Å². The molecule has 1 heterocycles. The summed E-state index contributed by atoms with van der Waals surface area (Å²) in [6, 6.07) is 13.0. The Hall–Kier alpha value is -2.00. The van der Waals surface area contributed by atoms with Crippen molar-refractivity contribution in [3.05, 3.63) is 65.5 Å². The van der Waals surface area contributed by atoms with Crippen molar-refractivity contribution in [2.75, 3.05) is 0 Å². The van der Waals surface area contributed by atoms with Gasteiger partial charge >= 0.3 is 0 Å². The van der Waals surface area contributed by atoms with Gasteiger partial charge in [0.1, 0.15) is 5.82 Å². The monoisotopic (exact) mass is 378 g/mol. The van der Waals surface area contributed by atoms with Gasteiger partial charge in [0.15, 0.2) is 0 Å². The van der Waals surface area contributed by atoms with Crippen LogP contribution in [-0.4, -0.2) is 9.55 Å². The molecule has 0 amide bonds.